The maximum atomic E-state index is 12.7. The van der Waals surface area contributed by atoms with E-state index >= 15 is 0 Å². The van der Waals surface area contributed by atoms with Crippen LogP contribution in [0.2, 0.25) is 0 Å². The van der Waals surface area contributed by atoms with Crippen LogP contribution in [0.25, 0.3) is 0 Å². The molecule has 1 aliphatic rings. The average molecular weight is 289 g/mol. The van der Waals surface area contributed by atoms with Gasteiger partial charge in [0.05, 0.1) is 0 Å². The van der Waals surface area contributed by atoms with E-state index in [1.807, 2.05) is 37.1 Å². The number of piperazine rings is 1. The third kappa shape index (κ3) is 3.56. The molecule has 1 aliphatic heterocycles. The second-order valence-electron chi connectivity index (χ2n) is 5.87. The Balaban J connectivity index is 2.02. The number of carbonyl (C=O) groups excluding carboxylic acids is 1. The lowest BCUT2D eigenvalue weighted by Crippen LogP contribution is -2.51. The molecule has 0 saturated carbocycles. The molecule has 1 saturated heterocycles. The number of nitrogens with zero attached hydrogens (tertiary/aromatic N) is 2. The van der Waals surface area contributed by atoms with Crippen molar-refractivity contribution in [2.75, 3.05) is 38.5 Å². The Kier molecular flexibility index (Phi) is 5.23. The summed E-state index contributed by atoms with van der Waals surface area (Å²) in [5.41, 5.74) is 2.91. The van der Waals surface area contributed by atoms with Crippen molar-refractivity contribution in [3.05, 3.63) is 29.3 Å². The maximum Gasteiger partial charge on any atom is 0.254 e. The molecule has 2 rings (SSSR count). The van der Waals surface area contributed by atoms with Gasteiger partial charge in [-0.3, -0.25) is 9.69 Å². The summed E-state index contributed by atoms with van der Waals surface area (Å²) < 4.78 is 0. The predicted octanol–water partition coefficient (Wildman–Crippen LogP) is 2.59. The van der Waals surface area contributed by atoms with Crippen molar-refractivity contribution in [3.8, 4) is 0 Å². The number of carbonyl (C=O) groups is 1. The normalized spacial score (nSPS) is 17.6. The molecule has 0 radical (unpaired) electrons. The summed E-state index contributed by atoms with van der Waals surface area (Å²) in [5, 5.41) is 3.11. The third-order valence-electron chi connectivity index (χ3n) is 4.56. The Morgan fingerprint density at radius 2 is 1.95 bits per heavy atom. The van der Waals surface area contributed by atoms with Gasteiger partial charge in [-0.15, -0.1) is 0 Å². The Bertz CT molecular complexity index is 493. The quantitative estimate of drug-likeness (QED) is 0.925. The first-order valence-corrected chi connectivity index (χ1v) is 7.88. The minimum Gasteiger partial charge on any atom is -0.388 e. The van der Waals surface area contributed by atoms with Crippen molar-refractivity contribution >= 4 is 11.6 Å². The number of hydrogen-bond acceptors (Lipinski definition) is 3. The Labute approximate surface area is 128 Å². The number of benzene rings is 1. The van der Waals surface area contributed by atoms with Crippen LogP contribution in [-0.4, -0.2) is 55.0 Å². The lowest BCUT2D eigenvalue weighted by molar-refractivity contribution is 0.0579. The maximum absolute atomic E-state index is 12.7. The van der Waals surface area contributed by atoms with Crippen LogP contribution in [-0.2, 0) is 0 Å². The minimum atomic E-state index is 0.166. The first-order chi connectivity index (χ1) is 10.1. The molecule has 1 fully saturated rings. The minimum absolute atomic E-state index is 0.166. The van der Waals surface area contributed by atoms with E-state index in [-0.39, 0.29) is 5.91 Å². The topological polar surface area (TPSA) is 35.6 Å². The van der Waals surface area contributed by atoms with E-state index in [0.29, 0.717) is 6.04 Å². The number of rotatable bonds is 4. The Morgan fingerprint density at radius 1 is 1.29 bits per heavy atom. The van der Waals surface area contributed by atoms with Crippen molar-refractivity contribution < 1.29 is 4.79 Å². The second kappa shape index (κ2) is 6.94. The fourth-order valence-corrected chi connectivity index (χ4v) is 2.85. The standard InChI is InChI=1S/C17H27N3O/c1-5-14(3)19-8-10-20(11-9-19)17(21)16-7-6-15(18-4)12-13(16)2/h6-7,12,14,18H,5,8-11H2,1-4H3. The van der Waals surface area contributed by atoms with Crippen LogP contribution in [0.4, 0.5) is 5.69 Å². The molecule has 116 valence electrons. The fraction of sp³-hybridized carbons (Fsp3) is 0.588. The highest BCUT2D eigenvalue weighted by atomic mass is 16.2. The third-order valence-corrected chi connectivity index (χ3v) is 4.56. The van der Waals surface area contributed by atoms with E-state index in [2.05, 4.69) is 24.1 Å². The van der Waals surface area contributed by atoms with Gasteiger partial charge in [-0.05, 0) is 44.0 Å². The summed E-state index contributed by atoms with van der Waals surface area (Å²) in [7, 11) is 1.89. The Hall–Kier alpha value is -1.55. The summed E-state index contributed by atoms with van der Waals surface area (Å²) in [6.07, 6.45) is 1.17. The average Bonchev–Trinajstić information content (AvgIpc) is 2.53. The molecule has 1 amide bonds. The molecular weight excluding hydrogens is 262 g/mol. The van der Waals surface area contributed by atoms with Crippen LogP contribution >= 0.6 is 0 Å². The summed E-state index contributed by atoms with van der Waals surface area (Å²) >= 11 is 0. The van der Waals surface area contributed by atoms with Crippen molar-refractivity contribution in [1.82, 2.24) is 9.80 Å². The monoisotopic (exact) mass is 289 g/mol. The lowest BCUT2D eigenvalue weighted by atomic mass is 10.1. The molecule has 0 aliphatic carbocycles. The molecule has 1 aromatic rings. The van der Waals surface area contributed by atoms with Gasteiger partial charge < -0.3 is 10.2 Å². The van der Waals surface area contributed by atoms with Crippen molar-refractivity contribution in [3.63, 3.8) is 0 Å². The van der Waals surface area contributed by atoms with E-state index in [0.717, 1.165) is 43.0 Å². The summed E-state index contributed by atoms with van der Waals surface area (Å²) in [6, 6.07) is 6.54. The number of nitrogens with one attached hydrogen (secondary N) is 1. The lowest BCUT2D eigenvalue weighted by Gasteiger charge is -2.38. The first-order valence-electron chi connectivity index (χ1n) is 7.88. The SMILES string of the molecule is CCC(C)N1CCN(C(=O)c2ccc(NC)cc2C)CC1. The molecule has 1 unspecified atom stereocenters. The van der Waals surface area contributed by atoms with Crippen LogP contribution in [0.5, 0.6) is 0 Å². The molecular formula is C17H27N3O. The van der Waals surface area contributed by atoms with E-state index < -0.39 is 0 Å². The molecule has 1 heterocycles. The van der Waals surface area contributed by atoms with Gasteiger partial charge in [0.15, 0.2) is 0 Å². The highest BCUT2D eigenvalue weighted by Crippen LogP contribution is 2.18. The number of hydrogen-bond donors (Lipinski definition) is 1. The van der Waals surface area contributed by atoms with Crippen LogP contribution in [0.15, 0.2) is 18.2 Å². The molecule has 21 heavy (non-hydrogen) atoms. The zero-order chi connectivity index (χ0) is 15.4. The smallest absolute Gasteiger partial charge is 0.254 e. The van der Waals surface area contributed by atoms with Gasteiger partial charge in [0.25, 0.3) is 5.91 Å². The van der Waals surface area contributed by atoms with E-state index in [9.17, 15) is 4.79 Å². The Morgan fingerprint density at radius 3 is 2.48 bits per heavy atom. The zero-order valence-corrected chi connectivity index (χ0v) is 13.6. The highest BCUT2D eigenvalue weighted by molar-refractivity contribution is 5.96. The van der Waals surface area contributed by atoms with Crippen LogP contribution < -0.4 is 5.32 Å². The predicted molar refractivity (Wildman–Crippen MR) is 88.0 cm³/mol. The molecule has 1 N–H and O–H groups in total. The summed E-state index contributed by atoms with van der Waals surface area (Å²) in [5.74, 6) is 0.166. The van der Waals surface area contributed by atoms with Gasteiger partial charge >= 0.3 is 0 Å². The van der Waals surface area contributed by atoms with E-state index in [1.165, 1.54) is 6.42 Å². The highest BCUT2D eigenvalue weighted by Gasteiger charge is 2.24. The summed E-state index contributed by atoms with van der Waals surface area (Å²) in [4.78, 5) is 17.1. The van der Waals surface area contributed by atoms with E-state index in [1.54, 1.807) is 0 Å². The largest absolute Gasteiger partial charge is 0.388 e. The molecule has 1 aromatic carbocycles. The fourth-order valence-electron chi connectivity index (χ4n) is 2.85. The molecule has 0 aromatic heterocycles. The molecule has 0 spiro atoms. The number of aryl methyl sites for hydroxylation is 1. The van der Waals surface area contributed by atoms with Gasteiger partial charge in [0.2, 0.25) is 0 Å². The van der Waals surface area contributed by atoms with Crippen LogP contribution in [0.3, 0.4) is 0 Å². The van der Waals surface area contributed by atoms with Gasteiger partial charge in [-0.2, -0.15) is 0 Å². The van der Waals surface area contributed by atoms with Crippen LogP contribution in [0, 0.1) is 6.92 Å². The second-order valence-corrected chi connectivity index (χ2v) is 5.87. The summed E-state index contributed by atoms with van der Waals surface area (Å²) in [6.45, 7) is 10.1. The zero-order valence-electron chi connectivity index (χ0n) is 13.6. The molecule has 1 atom stereocenters. The molecule has 4 heteroatoms. The van der Waals surface area contributed by atoms with Crippen molar-refractivity contribution in [2.45, 2.75) is 33.2 Å². The van der Waals surface area contributed by atoms with Gasteiger partial charge in [0, 0.05) is 50.5 Å². The van der Waals surface area contributed by atoms with Crippen molar-refractivity contribution in [2.24, 2.45) is 0 Å². The number of amides is 1. The van der Waals surface area contributed by atoms with E-state index in [4.69, 9.17) is 0 Å². The van der Waals surface area contributed by atoms with Gasteiger partial charge in [0.1, 0.15) is 0 Å². The number of anilines is 1. The van der Waals surface area contributed by atoms with Gasteiger partial charge in [-0.1, -0.05) is 6.92 Å². The molecule has 4 nitrogen and oxygen atoms in total. The van der Waals surface area contributed by atoms with Gasteiger partial charge in [-0.25, -0.2) is 0 Å². The van der Waals surface area contributed by atoms with Crippen molar-refractivity contribution in [1.29, 1.82) is 0 Å². The first kappa shape index (κ1) is 15.8. The molecule has 0 bridgehead atoms. The van der Waals surface area contributed by atoms with Crippen LogP contribution in [0.1, 0.15) is 36.2 Å².